The lowest BCUT2D eigenvalue weighted by Crippen LogP contribution is -2.38. The number of hydrogen-bond acceptors (Lipinski definition) is 2. The van der Waals surface area contributed by atoms with E-state index in [1.165, 1.54) is 17.5 Å². The Morgan fingerprint density at radius 1 is 1.35 bits per heavy atom. The topological polar surface area (TPSA) is 23.5 Å². The normalized spacial score (nSPS) is 20.6. The van der Waals surface area contributed by atoms with Crippen molar-refractivity contribution in [2.45, 2.75) is 32.7 Å². The summed E-state index contributed by atoms with van der Waals surface area (Å²) in [6.07, 6.45) is 2.32. The third-order valence-electron chi connectivity index (χ3n) is 3.69. The lowest BCUT2D eigenvalue weighted by atomic mass is 9.92. The Balaban J connectivity index is 2.12. The van der Waals surface area contributed by atoms with Crippen molar-refractivity contribution in [2.75, 3.05) is 19.7 Å². The summed E-state index contributed by atoms with van der Waals surface area (Å²) in [5.41, 5.74) is 2.73. The van der Waals surface area contributed by atoms with Gasteiger partial charge in [0.2, 0.25) is 0 Å². The van der Waals surface area contributed by atoms with Gasteiger partial charge in [-0.05, 0) is 36.4 Å². The summed E-state index contributed by atoms with van der Waals surface area (Å²) in [7, 11) is 0. The second kappa shape index (κ2) is 5.65. The highest BCUT2D eigenvalue weighted by Gasteiger charge is 2.25. The molecule has 1 heterocycles. The van der Waals surface area contributed by atoms with Gasteiger partial charge in [-0.15, -0.1) is 0 Å². The third-order valence-corrected chi connectivity index (χ3v) is 3.69. The van der Waals surface area contributed by atoms with Crippen molar-refractivity contribution >= 4 is 0 Å². The zero-order valence-electron chi connectivity index (χ0n) is 10.9. The highest BCUT2D eigenvalue weighted by Crippen LogP contribution is 2.29. The highest BCUT2D eigenvalue weighted by atomic mass is 16.3. The second-order valence-corrected chi connectivity index (χ2v) is 5.37. The van der Waals surface area contributed by atoms with E-state index in [0.29, 0.717) is 0 Å². The van der Waals surface area contributed by atoms with E-state index in [-0.39, 0.29) is 12.6 Å². The highest BCUT2D eigenvalue weighted by molar-refractivity contribution is 5.32. The Kier molecular flexibility index (Phi) is 4.19. The van der Waals surface area contributed by atoms with Crippen molar-refractivity contribution in [3.8, 4) is 0 Å². The summed E-state index contributed by atoms with van der Waals surface area (Å²) < 4.78 is 0. The molecular formula is C15H23NO. The molecule has 1 unspecified atom stereocenters. The van der Waals surface area contributed by atoms with Crippen molar-refractivity contribution in [2.24, 2.45) is 5.92 Å². The van der Waals surface area contributed by atoms with Gasteiger partial charge in [0.15, 0.2) is 0 Å². The maximum Gasteiger partial charge on any atom is 0.0628 e. The average molecular weight is 233 g/mol. The molecule has 0 radical (unpaired) electrons. The Morgan fingerprint density at radius 3 is 2.82 bits per heavy atom. The fourth-order valence-corrected chi connectivity index (χ4v) is 2.61. The van der Waals surface area contributed by atoms with E-state index < -0.39 is 0 Å². The molecule has 1 aliphatic rings. The van der Waals surface area contributed by atoms with Crippen LogP contribution in [0.5, 0.6) is 0 Å². The molecule has 0 aromatic heterocycles. The van der Waals surface area contributed by atoms with Crippen LogP contribution in [0.3, 0.4) is 0 Å². The van der Waals surface area contributed by atoms with Gasteiger partial charge in [-0.1, -0.05) is 38.1 Å². The van der Waals surface area contributed by atoms with Crippen molar-refractivity contribution in [1.29, 1.82) is 0 Å². The Hall–Kier alpha value is -0.860. The monoisotopic (exact) mass is 233 g/mol. The summed E-state index contributed by atoms with van der Waals surface area (Å²) in [6, 6.07) is 8.73. The van der Waals surface area contributed by atoms with Gasteiger partial charge in [0.05, 0.1) is 12.6 Å². The Bertz CT molecular complexity index is 362. The first-order chi connectivity index (χ1) is 8.22. The molecule has 2 heteroatoms. The summed E-state index contributed by atoms with van der Waals surface area (Å²) in [6.45, 7) is 6.92. The van der Waals surface area contributed by atoms with E-state index >= 15 is 0 Å². The molecule has 2 nitrogen and oxygen atoms in total. The lowest BCUT2D eigenvalue weighted by molar-refractivity contribution is 0.109. The summed E-state index contributed by atoms with van der Waals surface area (Å²) in [5.74, 6) is 0.728. The quantitative estimate of drug-likeness (QED) is 0.864. The van der Waals surface area contributed by atoms with Gasteiger partial charge in [0, 0.05) is 6.54 Å². The SMILES string of the molecule is CC(C)CCN1CCc2ccccc2C1CO. The van der Waals surface area contributed by atoms with Crippen molar-refractivity contribution in [3.63, 3.8) is 0 Å². The van der Waals surface area contributed by atoms with Crippen molar-refractivity contribution in [1.82, 2.24) is 4.90 Å². The minimum Gasteiger partial charge on any atom is -0.394 e. The van der Waals surface area contributed by atoms with Crippen LogP contribution >= 0.6 is 0 Å². The number of rotatable bonds is 4. The largest absolute Gasteiger partial charge is 0.394 e. The van der Waals surface area contributed by atoms with E-state index in [4.69, 9.17) is 0 Å². The maximum atomic E-state index is 9.63. The minimum atomic E-state index is 0.207. The van der Waals surface area contributed by atoms with Crippen LogP contribution in [0.15, 0.2) is 24.3 Å². The maximum absolute atomic E-state index is 9.63. The standard InChI is InChI=1S/C15H23NO/c1-12(2)7-9-16-10-8-13-5-3-4-6-14(13)15(16)11-17/h3-6,12,15,17H,7-11H2,1-2H3. The smallest absolute Gasteiger partial charge is 0.0628 e. The van der Waals surface area contributed by atoms with Crippen LogP contribution < -0.4 is 0 Å². The van der Waals surface area contributed by atoms with Gasteiger partial charge in [-0.25, -0.2) is 0 Å². The molecule has 0 aliphatic carbocycles. The van der Waals surface area contributed by atoms with Gasteiger partial charge in [-0.3, -0.25) is 4.90 Å². The molecule has 1 atom stereocenters. The van der Waals surface area contributed by atoms with Crippen LogP contribution in [0.4, 0.5) is 0 Å². The Labute approximate surface area is 104 Å². The fraction of sp³-hybridized carbons (Fsp3) is 0.600. The first-order valence-corrected chi connectivity index (χ1v) is 6.65. The van der Waals surface area contributed by atoms with Crippen LogP contribution in [-0.2, 0) is 6.42 Å². The average Bonchev–Trinajstić information content (AvgIpc) is 2.35. The molecule has 0 fully saturated rings. The number of nitrogens with zero attached hydrogens (tertiary/aromatic N) is 1. The second-order valence-electron chi connectivity index (χ2n) is 5.37. The summed E-state index contributed by atoms with van der Waals surface area (Å²) >= 11 is 0. The number of hydrogen-bond donors (Lipinski definition) is 1. The van der Waals surface area contributed by atoms with Crippen LogP contribution in [0.2, 0.25) is 0 Å². The molecule has 0 spiro atoms. The lowest BCUT2D eigenvalue weighted by Gasteiger charge is -2.36. The van der Waals surface area contributed by atoms with E-state index in [9.17, 15) is 5.11 Å². The van der Waals surface area contributed by atoms with Gasteiger partial charge in [0.25, 0.3) is 0 Å². The first kappa shape index (κ1) is 12.6. The molecule has 2 rings (SSSR count). The zero-order valence-corrected chi connectivity index (χ0v) is 10.9. The van der Waals surface area contributed by atoms with E-state index in [2.05, 4.69) is 43.0 Å². The number of benzene rings is 1. The zero-order chi connectivity index (χ0) is 12.3. The molecule has 0 amide bonds. The van der Waals surface area contributed by atoms with Crippen LogP contribution in [0.1, 0.15) is 37.4 Å². The molecular weight excluding hydrogens is 210 g/mol. The van der Waals surface area contributed by atoms with E-state index in [1.54, 1.807) is 0 Å². The molecule has 0 saturated carbocycles. The van der Waals surface area contributed by atoms with Crippen LogP contribution in [-0.4, -0.2) is 29.7 Å². The van der Waals surface area contributed by atoms with Gasteiger partial charge >= 0.3 is 0 Å². The molecule has 17 heavy (non-hydrogen) atoms. The molecule has 0 bridgehead atoms. The number of fused-ring (bicyclic) bond motifs is 1. The van der Waals surface area contributed by atoms with Crippen LogP contribution in [0, 0.1) is 5.92 Å². The van der Waals surface area contributed by atoms with Crippen molar-refractivity contribution in [3.05, 3.63) is 35.4 Å². The predicted molar refractivity (Wildman–Crippen MR) is 71.0 cm³/mol. The van der Waals surface area contributed by atoms with Crippen molar-refractivity contribution < 1.29 is 5.11 Å². The fourth-order valence-electron chi connectivity index (χ4n) is 2.61. The number of aliphatic hydroxyl groups excluding tert-OH is 1. The molecule has 0 saturated heterocycles. The van der Waals surface area contributed by atoms with E-state index in [0.717, 1.165) is 25.4 Å². The molecule has 1 aromatic rings. The van der Waals surface area contributed by atoms with E-state index in [1.807, 2.05) is 0 Å². The molecule has 1 N–H and O–H groups in total. The minimum absolute atomic E-state index is 0.207. The van der Waals surface area contributed by atoms with Gasteiger partial charge in [0.1, 0.15) is 0 Å². The van der Waals surface area contributed by atoms with Crippen LogP contribution in [0.25, 0.3) is 0 Å². The third kappa shape index (κ3) is 2.88. The Morgan fingerprint density at radius 2 is 2.12 bits per heavy atom. The molecule has 1 aliphatic heterocycles. The molecule has 1 aromatic carbocycles. The predicted octanol–water partition coefficient (Wildman–Crippen LogP) is 2.62. The summed E-state index contributed by atoms with van der Waals surface area (Å²) in [5, 5.41) is 9.63. The van der Waals surface area contributed by atoms with Gasteiger partial charge in [-0.2, -0.15) is 0 Å². The summed E-state index contributed by atoms with van der Waals surface area (Å²) in [4.78, 5) is 2.43. The van der Waals surface area contributed by atoms with Gasteiger partial charge < -0.3 is 5.11 Å². The number of aliphatic hydroxyl groups is 1. The first-order valence-electron chi connectivity index (χ1n) is 6.65. The molecule has 94 valence electrons.